The molecule has 1 aliphatic heterocycles. The lowest BCUT2D eigenvalue weighted by Crippen LogP contribution is -2.49. The van der Waals surface area contributed by atoms with Crippen molar-refractivity contribution in [1.29, 1.82) is 0 Å². The van der Waals surface area contributed by atoms with Crippen molar-refractivity contribution in [2.24, 2.45) is 0 Å². The summed E-state index contributed by atoms with van der Waals surface area (Å²) in [6.07, 6.45) is -3.75. The van der Waals surface area contributed by atoms with E-state index in [1.54, 1.807) is 0 Å². The van der Waals surface area contributed by atoms with Gasteiger partial charge in [0, 0.05) is 50.3 Å². The molecular formula is C21H26F3N3O3S. The Morgan fingerprint density at radius 2 is 1.97 bits per heavy atom. The number of piperazine rings is 1. The first kappa shape index (κ1) is 23.6. The second-order valence-electron chi connectivity index (χ2n) is 7.37. The minimum Gasteiger partial charge on any atom is -0.372 e. The summed E-state index contributed by atoms with van der Waals surface area (Å²) in [5.74, 6) is 1.34. The van der Waals surface area contributed by atoms with Crippen LogP contribution >= 0.6 is 11.8 Å². The minimum atomic E-state index is -4.28. The van der Waals surface area contributed by atoms with Gasteiger partial charge in [-0.1, -0.05) is 17.3 Å². The molecule has 2 heterocycles. The highest BCUT2D eigenvalue weighted by Gasteiger charge is 2.27. The molecular weight excluding hydrogens is 431 g/mol. The molecule has 2 aromatic rings. The molecule has 0 atom stereocenters. The predicted octanol–water partition coefficient (Wildman–Crippen LogP) is 4.00. The van der Waals surface area contributed by atoms with E-state index in [1.165, 1.54) is 11.8 Å². The van der Waals surface area contributed by atoms with Crippen LogP contribution in [-0.4, -0.2) is 73.0 Å². The van der Waals surface area contributed by atoms with Crippen LogP contribution in [-0.2, 0) is 10.5 Å². The molecule has 1 saturated heterocycles. The summed E-state index contributed by atoms with van der Waals surface area (Å²) in [5.41, 5.74) is 1.49. The van der Waals surface area contributed by atoms with Crippen LogP contribution in [0.2, 0.25) is 0 Å². The van der Waals surface area contributed by atoms with Crippen LogP contribution in [0.25, 0.3) is 0 Å². The van der Waals surface area contributed by atoms with E-state index in [2.05, 4.69) is 14.8 Å². The smallest absolute Gasteiger partial charge is 0.372 e. The van der Waals surface area contributed by atoms with Gasteiger partial charge in [-0.05, 0) is 25.5 Å². The molecule has 1 amide bonds. The first-order chi connectivity index (χ1) is 14.8. The Hall–Kier alpha value is -2.04. The fourth-order valence-electron chi connectivity index (χ4n) is 3.33. The Labute approximate surface area is 183 Å². The molecule has 170 valence electrons. The molecule has 0 spiro atoms. The van der Waals surface area contributed by atoms with Gasteiger partial charge >= 0.3 is 6.18 Å². The van der Waals surface area contributed by atoms with E-state index in [-0.39, 0.29) is 12.5 Å². The number of hydrogen-bond donors (Lipinski definition) is 0. The molecule has 31 heavy (non-hydrogen) atoms. The summed E-state index contributed by atoms with van der Waals surface area (Å²) in [6, 6.07) is 9.40. The molecule has 0 aliphatic carbocycles. The average molecular weight is 458 g/mol. The number of alkyl halides is 3. The van der Waals surface area contributed by atoms with Crippen molar-refractivity contribution >= 4 is 17.7 Å². The zero-order chi connectivity index (χ0) is 22.3. The molecule has 0 N–H and O–H groups in total. The van der Waals surface area contributed by atoms with Crippen molar-refractivity contribution < 1.29 is 27.2 Å². The number of benzene rings is 1. The second-order valence-corrected chi connectivity index (χ2v) is 8.39. The molecule has 1 aromatic carbocycles. The van der Waals surface area contributed by atoms with Crippen molar-refractivity contribution in [3.63, 3.8) is 0 Å². The van der Waals surface area contributed by atoms with Crippen LogP contribution in [0.1, 0.15) is 28.2 Å². The number of aromatic nitrogens is 1. The number of amides is 1. The van der Waals surface area contributed by atoms with Gasteiger partial charge in [-0.3, -0.25) is 9.69 Å². The van der Waals surface area contributed by atoms with Gasteiger partial charge in [0.05, 0.1) is 17.0 Å². The molecule has 1 aromatic heterocycles. The van der Waals surface area contributed by atoms with E-state index in [0.717, 1.165) is 16.3 Å². The number of thioether (sulfide) groups is 1. The Kier molecular flexibility index (Phi) is 8.39. The minimum absolute atomic E-state index is 0.00925. The lowest BCUT2D eigenvalue weighted by atomic mass is 10.1. The number of carbonyl (C=O) groups excluding carboxylic acids is 1. The van der Waals surface area contributed by atoms with Crippen LogP contribution in [0.3, 0.4) is 0 Å². The summed E-state index contributed by atoms with van der Waals surface area (Å²) < 4.78 is 46.1. The van der Waals surface area contributed by atoms with E-state index in [1.807, 2.05) is 42.2 Å². The summed E-state index contributed by atoms with van der Waals surface area (Å²) in [6.45, 7) is 3.95. The number of hydrogen-bond acceptors (Lipinski definition) is 6. The van der Waals surface area contributed by atoms with E-state index in [0.29, 0.717) is 50.5 Å². The van der Waals surface area contributed by atoms with Crippen LogP contribution < -0.4 is 0 Å². The Balaban J connectivity index is 1.45. The zero-order valence-electron chi connectivity index (χ0n) is 17.4. The topological polar surface area (TPSA) is 58.8 Å². The lowest BCUT2D eigenvalue weighted by Gasteiger charge is -2.35. The first-order valence-electron chi connectivity index (χ1n) is 10.1. The van der Waals surface area contributed by atoms with Gasteiger partial charge in [0.15, 0.2) is 0 Å². The monoisotopic (exact) mass is 457 g/mol. The standard InChI is InChI=1S/C21H26F3N3O3S/c1-16-13-17(30-25-16)14-31-19-6-3-2-5-18(19)20(28)27-10-8-26(9-11-27)7-4-12-29-15-21(22,23)24/h2-3,5-6,13H,4,7-12,14-15H2,1H3. The molecule has 1 fully saturated rings. The predicted molar refractivity (Wildman–Crippen MR) is 111 cm³/mol. The van der Waals surface area contributed by atoms with E-state index in [4.69, 9.17) is 4.52 Å². The Bertz CT molecular complexity index is 852. The summed E-state index contributed by atoms with van der Waals surface area (Å²) in [4.78, 5) is 17.9. The van der Waals surface area contributed by atoms with Gasteiger partial charge < -0.3 is 14.2 Å². The van der Waals surface area contributed by atoms with Crippen LogP contribution in [0.15, 0.2) is 39.8 Å². The SMILES string of the molecule is Cc1cc(CSc2ccccc2C(=O)N2CCN(CCCOCC(F)(F)F)CC2)on1. The number of aryl methyl sites for hydroxylation is 1. The number of halogens is 3. The fourth-order valence-corrected chi connectivity index (χ4v) is 4.24. The zero-order valence-corrected chi connectivity index (χ0v) is 18.2. The third-order valence-corrected chi connectivity index (χ3v) is 5.95. The number of nitrogens with zero attached hydrogens (tertiary/aromatic N) is 3. The van der Waals surface area contributed by atoms with Gasteiger partial charge in [-0.2, -0.15) is 13.2 Å². The van der Waals surface area contributed by atoms with Crippen LogP contribution in [0.5, 0.6) is 0 Å². The molecule has 0 saturated carbocycles. The fraction of sp³-hybridized carbons (Fsp3) is 0.524. The van der Waals surface area contributed by atoms with Crippen LogP contribution in [0, 0.1) is 6.92 Å². The third-order valence-electron chi connectivity index (χ3n) is 4.85. The highest BCUT2D eigenvalue weighted by Crippen LogP contribution is 2.27. The van der Waals surface area contributed by atoms with E-state index < -0.39 is 12.8 Å². The van der Waals surface area contributed by atoms with E-state index in [9.17, 15) is 18.0 Å². The maximum absolute atomic E-state index is 13.1. The summed E-state index contributed by atoms with van der Waals surface area (Å²) in [7, 11) is 0. The highest BCUT2D eigenvalue weighted by atomic mass is 32.2. The number of carbonyl (C=O) groups is 1. The van der Waals surface area contributed by atoms with Gasteiger partial charge in [0.2, 0.25) is 0 Å². The average Bonchev–Trinajstić information content (AvgIpc) is 3.16. The van der Waals surface area contributed by atoms with Gasteiger partial charge in [-0.25, -0.2) is 0 Å². The van der Waals surface area contributed by atoms with Crippen molar-refractivity contribution in [1.82, 2.24) is 15.0 Å². The molecule has 0 unspecified atom stereocenters. The Morgan fingerprint density at radius 3 is 2.65 bits per heavy atom. The van der Waals surface area contributed by atoms with Gasteiger partial charge in [0.25, 0.3) is 5.91 Å². The Morgan fingerprint density at radius 1 is 1.23 bits per heavy atom. The van der Waals surface area contributed by atoms with Crippen molar-refractivity contribution in [2.75, 3.05) is 45.9 Å². The molecule has 1 aliphatic rings. The maximum Gasteiger partial charge on any atom is 0.411 e. The second kappa shape index (κ2) is 11.0. The largest absolute Gasteiger partial charge is 0.411 e. The number of ether oxygens (including phenoxy) is 1. The van der Waals surface area contributed by atoms with Gasteiger partial charge in [-0.15, -0.1) is 11.8 Å². The molecule has 0 bridgehead atoms. The summed E-state index contributed by atoms with van der Waals surface area (Å²) in [5, 5.41) is 3.88. The normalized spacial score (nSPS) is 15.4. The maximum atomic E-state index is 13.1. The quantitative estimate of drug-likeness (QED) is 0.419. The van der Waals surface area contributed by atoms with Crippen LogP contribution in [0.4, 0.5) is 13.2 Å². The molecule has 10 heteroatoms. The molecule has 6 nitrogen and oxygen atoms in total. The molecule has 0 radical (unpaired) electrons. The third kappa shape index (κ3) is 7.55. The highest BCUT2D eigenvalue weighted by molar-refractivity contribution is 7.98. The first-order valence-corrected chi connectivity index (χ1v) is 11.1. The summed E-state index contributed by atoms with van der Waals surface area (Å²) >= 11 is 1.54. The van der Waals surface area contributed by atoms with Crippen molar-refractivity contribution in [3.05, 3.63) is 47.3 Å². The molecule has 3 rings (SSSR count). The van der Waals surface area contributed by atoms with Crippen molar-refractivity contribution in [3.8, 4) is 0 Å². The number of rotatable bonds is 9. The van der Waals surface area contributed by atoms with E-state index >= 15 is 0 Å². The van der Waals surface area contributed by atoms with Crippen molar-refractivity contribution in [2.45, 2.75) is 30.2 Å². The lowest BCUT2D eigenvalue weighted by molar-refractivity contribution is -0.174. The van der Waals surface area contributed by atoms with Gasteiger partial charge in [0.1, 0.15) is 12.4 Å².